The maximum Gasteiger partial charge on any atom is 0.367 e. The quantitative estimate of drug-likeness (QED) is 0.240. The summed E-state index contributed by atoms with van der Waals surface area (Å²) >= 11 is 0. The summed E-state index contributed by atoms with van der Waals surface area (Å²) in [6.07, 6.45) is -5.51. The Hall–Kier alpha value is -3.68. The summed E-state index contributed by atoms with van der Waals surface area (Å²) in [4.78, 5) is 26.9. The van der Waals surface area contributed by atoms with E-state index in [0.29, 0.717) is 0 Å². The molecule has 2 fully saturated rings. The van der Waals surface area contributed by atoms with Gasteiger partial charge in [0.2, 0.25) is 5.91 Å². The van der Waals surface area contributed by atoms with E-state index in [9.17, 15) is 19.8 Å². The number of amides is 1. The third-order valence-electron chi connectivity index (χ3n) is 7.83. The fourth-order valence-corrected chi connectivity index (χ4v) is 5.47. The molecule has 3 aromatic carbocycles. The lowest BCUT2D eigenvalue weighted by Crippen LogP contribution is -2.68. The molecule has 3 N–H and O–H groups in total. The minimum atomic E-state index is -2.13. The second-order valence-corrected chi connectivity index (χ2v) is 11.9. The van der Waals surface area contributed by atoms with E-state index in [1.54, 1.807) is 26.0 Å². The van der Waals surface area contributed by atoms with Crippen LogP contribution in [0.3, 0.4) is 0 Å². The molecule has 5 rings (SSSR count). The predicted octanol–water partition coefficient (Wildman–Crippen LogP) is 3.01. The van der Waals surface area contributed by atoms with Crippen molar-refractivity contribution in [1.82, 2.24) is 5.32 Å². The van der Waals surface area contributed by atoms with Gasteiger partial charge < -0.3 is 44.0 Å². The Balaban J connectivity index is 1.37. The molecule has 0 aromatic heterocycles. The van der Waals surface area contributed by atoms with Gasteiger partial charge in [-0.25, -0.2) is 4.79 Å². The molecule has 3 aromatic rings. The summed E-state index contributed by atoms with van der Waals surface area (Å²) in [6.45, 7) is 3.18. The Bertz CT molecular complexity index is 1410. The number of nitrogens with one attached hydrogen (secondary N) is 1. The van der Waals surface area contributed by atoms with Gasteiger partial charge in [-0.2, -0.15) is 0 Å². The van der Waals surface area contributed by atoms with Crippen molar-refractivity contribution in [3.8, 4) is 0 Å². The van der Waals surface area contributed by atoms with Crippen molar-refractivity contribution in [1.29, 1.82) is 0 Å². The molecule has 2 aliphatic rings. The van der Waals surface area contributed by atoms with Crippen molar-refractivity contribution >= 4 is 11.9 Å². The number of benzene rings is 3. The van der Waals surface area contributed by atoms with E-state index in [1.165, 1.54) is 0 Å². The zero-order chi connectivity index (χ0) is 32.6. The maximum atomic E-state index is 13.8. The first-order valence-corrected chi connectivity index (χ1v) is 15.3. The summed E-state index contributed by atoms with van der Waals surface area (Å²) in [5.74, 6) is -4.55. The number of aliphatic hydroxyl groups is 2. The van der Waals surface area contributed by atoms with E-state index in [1.807, 2.05) is 78.9 Å². The minimum absolute atomic E-state index is 0.0152. The van der Waals surface area contributed by atoms with Gasteiger partial charge in [-0.3, -0.25) is 4.79 Å². The van der Waals surface area contributed by atoms with E-state index in [0.717, 1.165) is 16.7 Å². The first-order valence-electron chi connectivity index (χ1n) is 15.3. The summed E-state index contributed by atoms with van der Waals surface area (Å²) in [5, 5.41) is 25.9. The van der Waals surface area contributed by atoms with Gasteiger partial charge in [0.25, 0.3) is 5.79 Å². The van der Waals surface area contributed by atoms with E-state index in [-0.39, 0.29) is 39.5 Å². The first-order chi connectivity index (χ1) is 22.1. The van der Waals surface area contributed by atoms with Crippen LogP contribution in [0.4, 0.5) is 0 Å². The number of esters is 1. The zero-order valence-corrected chi connectivity index (χ0v) is 26.0. The van der Waals surface area contributed by atoms with Crippen LogP contribution in [0.2, 0.25) is 0 Å². The van der Waals surface area contributed by atoms with Crippen LogP contribution in [0.1, 0.15) is 37.0 Å². The van der Waals surface area contributed by atoms with E-state index >= 15 is 0 Å². The number of carbonyl (C=O) groups excluding carboxylic acids is 2. The molecule has 0 spiro atoms. The highest BCUT2D eigenvalue weighted by Gasteiger charge is 2.57. The Morgan fingerprint density at radius 2 is 1.43 bits per heavy atom. The summed E-state index contributed by atoms with van der Waals surface area (Å²) in [6, 6.07) is 26.4. The summed E-state index contributed by atoms with van der Waals surface area (Å²) < 4.78 is 35.3. The van der Waals surface area contributed by atoms with Crippen LogP contribution in [0.15, 0.2) is 91.0 Å². The fraction of sp³-hybridized carbons (Fsp3) is 0.429. The second kappa shape index (κ2) is 15.3. The Morgan fingerprint density at radius 3 is 2.00 bits per heavy atom. The third kappa shape index (κ3) is 8.77. The summed E-state index contributed by atoms with van der Waals surface area (Å²) in [7, 11) is 0. The van der Waals surface area contributed by atoms with Crippen molar-refractivity contribution in [3.63, 3.8) is 0 Å². The lowest BCUT2D eigenvalue weighted by Gasteiger charge is -2.47. The molecule has 0 unspecified atom stereocenters. The molecule has 0 saturated carbocycles. The molecular formula is C35H41NO10. The Labute approximate surface area is 268 Å². The SMILES string of the molecule is CC1(C)OC[C@H]([C@@H](O)[C@@H]2O[C@@](OCc3ccccc3)(C(=O)OCc3ccccc3)C[C@H](O)[C@H]2NC(=O)COCc2ccccc2)O1. The molecule has 0 bridgehead atoms. The highest BCUT2D eigenvalue weighted by molar-refractivity contribution is 5.79. The minimum Gasteiger partial charge on any atom is -0.457 e. The number of rotatable bonds is 13. The molecule has 11 heteroatoms. The van der Waals surface area contributed by atoms with E-state index in [4.69, 9.17) is 28.4 Å². The number of hydrogen-bond acceptors (Lipinski definition) is 10. The van der Waals surface area contributed by atoms with Gasteiger partial charge in [-0.1, -0.05) is 91.0 Å². The highest BCUT2D eigenvalue weighted by Crippen LogP contribution is 2.37. The van der Waals surface area contributed by atoms with E-state index < -0.39 is 53.9 Å². The monoisotopic (exact) mass is 635 g/mol. The molecule has 11 nitrogen and oxygen atoms in total. The molecule has 2 heterocycles. The van der Waals surface area contributed by atoms with Crippen molar-refractivity contribution in [2.45, 2.75) is 82.1 Å². The van der Waals surface area contributed by atoms with Crippen molar-refractivity contribution in [3.05, 3.63) is 108 Å². The molecular weight excluding hydrogens is 594 g/mol. The molecule has 6 atom stereocenters. The average molecular weight is 636 g/mol. The molecule has 0 aliphatic carbocycles. The van der Waals surface area contributed by atoms with Gasteiger partial charge >= 0.3 is 5.97 Å². The summed E-state index contributed by atoms with van der Waals surface area (Å²) in [5.41, 5.74) is 2.37. The van der Waals surface area contributed by atoms with Crippen LogP contribution < -0.4 is 5.32 Å². The molecule has 46 heavy (non-hydrogen) atoms. The van der Waals surface area contributed by atoms with Crippen molar-refractivity contribution < 1.29 is 48.2 Å². The first kappa shape index (κ1) is 33.7. The van der Waals surface area contributed by atoms with Gasteiger partial charge in [0.1, 0.15) is 31.5 Å². The van der Waals surface area contributed by atoms with Crippen LogP contribution in [0.5, 0.6) is 0 Å². The lowest BCUT2D eigenvalue weighted by molar-refractivity contribution is -0.317. The molecule has 2 saturated heterocycles. The van der Waals surface area contributed by atoms with Gasteiger partial charge in [-0.15, -0.1) is 0 Å². The van der Waals surface area contributed by atoms with Gasteiger partial charge in [0, 0.05) is 6.42 Å². The second-order valence-electron chi connectivity index (χ2n) is 11.9. The third-order valence-corrected chi connectivity index (χ3v) is 7.83. The number of carbonyl (C=O) groups is 2. The molecule has 246 valence electrons. The number of hydrogen-bond donors (Lipinski definition) is 3. The normalized spacial score (nSPS) is 26.3. The van der Waals surface area contributed by atoms with Crippen LogP contribution in [0.25, 0.3) is 0 Å². The standard InChI is InChI=1S/C35H41NO10/c1-34(2)43-22-28(45-34)31(39)32-30(36-29(38)23-41-19-24-12-6-3-7-13-24)27(37)18-35(46-32,44-21-26-16-10-5-11-17-26)33(40)42-20-25-14-8-4-9-15-25/h3-17,27-28,30-32,37,39H,18-23H2,1-2H3,(H,36,38)/t27-,28+,30+,31+,32+,35+/m0/s1. The largest absolute Gasteiger partial charge is 0.457 e. The Kier molecular flexibility index (Phi) is 11.2. The number of aliphatic hydroxyl groups excluding tert-OH is 2. The molecule has 2 aliphatic heterocycles. The average Bonchev–Trinajstić information content (AvgIpc) is 3.44. The smallest absolute Gasteiger partial charge is 0.367 e. The molecule has 0 radical (unpaired) electrons. The van der Waals surface area contributed by atoms with Gasteiger partial charge in [-0.05, 0) is 30.5 Å². The topological polar surface area (TPSA) is 142 Å². The van der Waals surface area contributed by atoms with Gasteiger partial charge in [0.15, 0.2) is 5.79 Å². The van der Waals surface area contributed by atoms with Crippen LogP contribution in [0, 0.1) is 0 Å². The van der Waals surface area contributed by atoms with Crippen molar-refractivity contribution in [2.24, 2.45) is 0 Å². The predicted molar refractivity (Wildman–Crippen MR) is 165 cm³/mol. The van der Waals surface area contributed by atoms with Crippen LogP contribution >= 0.6 is 0 Å². The maximum absolute atomic E-state index is 13.8. The fourth-order valence-electron chi connectivity index (χ4n) is 5.47. The zero-order valence-electron chi connectivity index (χ0n) is 26.0. The van der Waals surface area contributed by atoms with Crippen molar-refractivity contribution in [2.75, 3.05) is 13.2 Å². The lowest BCUT2D eigenvalue weighted by atomic mass is 9.88. The highest BCUT2D eigenvalue weighted by atomic mass is 16.8. The van der Waals surface area contributed by atoms with Crippen LogP contribution in [-0.4, -0.2) is 77.3 Å². The molecule has 1 amide bonds. The van der Waals surface area contributed by atoms with E-state index in [2.05, 4.69) is 5.32 Å². The number of ether oxygens (including phenoxy) is 6. The Morgan fingerprint density at radius 1 is 0.870 bits per heavy atom. The van der Waals surface area contributed by atoms with Gasteiger partial charge in [0.05, 0.1) is 32.0 Å². The van der Waals surface area contributed by atoms with Crippen LogP contribution in [-0.2, 0) is 57.8 Å².